The van der Waals surface area contributed by atoms with Gasteiger partial charge in [0, 0.05) is 17.2 Å². The van der Waals surface area contributed by atoms with E-state index in [9.17, 15) is 0 Å². The third-order valence-electron chi connectivity index (χ3n) is 5.33. The fourth-order valence-corrected chi connectivity index (χ4v) is 4.03. The molecule has 2 aromatic rings. The van der Waals surface area contributed by atoms with E-state index >= 15 is 0 Å². The molecule has 0 aromatic heterocycles. The summed E-state index contributed by atoms with van der Waals surface area (Å²) < 4.78 is 13.0. The summed E-state index contributed by atoms with van der Waals surface area (Å²) in [6.07, 6.45) is 3.85. The summed E-state index contributed by atoms with van der Waals surface area (Å²) in [6, 6.07) is 21.1. The Hall–Kier alpha value is -1.39. The van der Waals surface area contributed by atoms with E-state index in [1.54, 1.807) is 0 Å². The molecule has 0 amide bonds. The van der Waals surface area contributed by atoms with Crippen molar-refractivity contribution in [3.05, 3.63) is 71.8 Å². The molecule has 2 aliphatic heterocycles. The molecule has 4 heteroatoms. The van der Waals surface area contributed by atoms with Crippen LogP contribution in [0.5, 0.6) is 0 Å². The molecule has 4 rings (SSSR count). The molecule has 2 unspecified atom stereocenters. The van der Waals surface area contributed by atoms with Gasteiger partial charge in [0.25, 0.3) is 0 Å². The van der Waals surface area contributed by atoms with E-state index in [0.29, 0.717) is 12.6 Å². The molecule has 2 heterocycles. The van der Waals surface area contributed by atoms with Crippen molar-refractivity contribution >= 4 is 12.4 Å². The molecule has 2 atom stereocenters. The summed E-state index contributed by atoms with van der Waals surface area (Å²) in [5.74, 6) is -0.786. The number of rotatable bonds is 3. The highest BCUT2D eigenvalue weighted by atomic mass is 35.5. The van der Waals surface area contributed by atoms with E-state index in [-0.39, 0.29) is 18.5 Å². The zero-order valence-electron chi connectivity index (χ0n) is 14.6. The van der Waals surface area contributed by atoms with Gasteiger partial charge in [-0.15, -0.1) is 12.4 Å². The van der Waals surface area contributed by atoms with Crippen LogP contribution in [0.4, 0.5) is 0 Å². The van der Waals surface area contributed by atoms with E-state index in [1.165, 1.54) is 19.3 Å². The average molecular weight is 360 g/mol. The molecule has 2 aliphatic rings. The molecule has 3 nitrogen and oxygen atoms in total. The Balaban J connectivity index is 0.00000182. The molecule has 0 saturated carbocycles. The highest BCUT2D eigenvalue weighted by Gasteiger charge is 2.47. The predicted molar refractivity (Wildman–Crippen MR) is 102 cm³/mol. The highest BCUT2D eigenvalue weighted by Crippen LogP contribution is 2.42. The second kappa shape index (κ2) is 7.88. The summed E-state index contributed by atoms with van der Waals surface area (Å²) in [5.41, 5.74) is 2.13. The Morgan fingerprint density at radius 2 is 1.52 bits per heavy atom. The van der Waals surface area contributed by atoms with E-state index < -0.39 is 5.79 Å². The maximum absolute atomic E-state index is 6.67. The van der Waals surface area contributed by atoms with Crippen LogP contribution < -0.4 is 0 Å². The first-order valence-corrected chi connectivity index (χ1v) is 8.93. The first-order chi connectivity index (χ1) is 11.8. The number of likely N-dealkylation sites (tertiary alicyclic amines) is 1. The zero-order chi connectivity index (χ0) is 16.4. The van der Waals surface area contributed by atoms with Crippen LogP contribution in [0, 0.1) is 0 Å². The van der Waals surface area contributed by atoms with E-state index in [2.05, 4.69) is 36.2 Å². The van der Waals surface area contributed by atoms with Crippen molar-refractivity contribution in [2.45, 2.75) is 37.2 Å². The normalized spacial score (nSPS) is 26.1. The molecule has 2 fully saturated rings. The van der Waals surface area contributed by atoms with Crippen molar-refractivity contribution in [3.8, 4) is 0 Å². The van der Waals surface area contributed by atoms with Gasteiger partial charge < -0.3 is 14.4 Å². The Morgan fingerprint density at radius 3 is 2.08 bits per heavy atom. The van der Waals surface area contributed by atoms with Crippen LogP contribution in [-0.4, -0.2) is 37.2 Å². The van der Waals surface area contributed by atoms with Gasteiger partial charge in [-0.3, -0.25) is 0 Å². The Bertz CT molecular complexity index is 625. The Morgan fingerprint density at radius 1 is 0.920 bits per heavy atom. The lowest BCUT2D eigenvalue weighted by Crippen LogP contribution is -2.46. The van der Waals surface area contributed by atoms with Crippen LogP contribution in [0.1, 0.15) is 30.4 Å². The number of hydrogen-bond acceptors (Lipinski definition) is 3. The number of piperidine rings is 1. The number of nitrogens with zero attached hydrogens (tertiary/aromatic N) is 1. The first kappa shape index (κ1) is 18.4. The smallest absolute Gasteiger partial charge is 0.222 e. The van der Waals surface area contributed by atoms with Crippen molar-refractivity contribution in [1.29, 1.82) is 0 Å². The predicted octanol–water partition coefficient (Wildman–Crippen LogP) is 4.21. The van der Waals surface area contributed by atoms with Gasteiger partial charge in [0.05, 0.1) is 6.61 Å². The monoisotopic (exact) mass is 359 g/mol. The number of halogens is 1. The molecule has 0 bridgehead atoms. The third-order valence-corrected chi connectivity index (χ3v) is 5.33. The minimum Gasteiger partial charge on any atom is -0.339 e. The molecule has 25 heavy (non-hydrogen) atoms. The van der Waals surface area contributed by atoms with Gasteiger partial charge in [-0.2, -0.15) is 0 Å². The molecule has 134 valence electrons. The zero-order valence-corrected chi connectivity index (χ0v) is 15.5. The lowest BCUT2D eigenvalue weighted by atomic mass is 9.96. The van der Waals surface area contributed by atoms with Crippen LogP contribution in [0.2, 0.25) is 0 Å². The Kier molecular flexibility index (Phi) is 5.80. The topological polar surface area (TPSA) is 21.7 Å². The lowest BCUT2D eigenvalue weighted by Gasteiger charge is -2.37. The van der Waals surface area contributed by atoms with E-state index in [1.807, 2.05) is 36.4 Å². The van der Waals surface area contributed by atoms with Gasteiger partial charge in [-0.25, -0.2) is 0 Å². The SMILES string of the molecule is CN1CCCCC1C1COC(c2ccccc2)(c2ccccc2)O1.Cl. The van der Waals surface area contributed by atoms with Crippen molar-refractivity contribution in [2.24, 2.45) is 0 Å². The summed E-state index contributed by atoms with van der Waals surface area (Å²) in [7, 11) is 2.21. The maximum Gasteiger partial charge on any atom is 0.222 e. The fourth-order valence-electron chi connectivity index (χ4n) is 4.03. The minimum atomic E-state index is -0.786. The quantitative estimate of drug-likeness (QED) is 0.819. The van der Waals surface area contributed by atoms with Crippen LogP contribution >= 0.6 is 12.4 Å². The molecule has 0 N–H and O–H groups in total. The Labute approximate surface area is 156 Å². The van der Waals surface area contributed by atoms with Gasteiger partial charge >= 0.3 is 0 Å². The number of hydrogen-bond donors (Lipinski definition) is 0. The molecular formula is C21H26ClNO2. The largest absolute Gasteiger partial charge is 0.339 e. The first-order valence-electron chi connectivity index (χ1n) is 8.93. The molecule has 0 spiro atoms. The van der Waals surface area contributed by atoms with Gasteiger partial charge in [0.15, 0.2) is 0 Å². The summed E-state index contributed by atoms with van der Waals surface area (Å²) in [4.78, 5) is 2.43. The van der Waals surface area contributed by atoms with Crippen molar-refractivity contribution in [2.75, 3.05) is 20.2 Å². The summed E-state index contributed by atoms with van der Waals surface area (Å²) in [6.45, 7) is 1.78. The standard InChI is InChI=1S/C21H25NO2.ClH/c1-22-15-9-8-14-19(22)20-16-23-21(24-20,17-10-4-2-5-11-17)18-12-6-3-7-13-18;/h2-7,10-13,19-20H,8-9,14-16H2,1H3;1H. The summed E-state index contributed by atoms with van der Waals surface area (Å²) in [5, 5.41) is 0. The third kappa shape index (κ3) is 3.47. The molecular weight excluding hydrogens is 334 g/mol. The molecule has 2 aromatic carbocycles. The number of ether oxygens (including phenoxy) is 2. The lowest BCUT2D eigenvalue weighted by molar-refractivity contribution is -0.151. The van der Waals surface area contributed by atoms with Gasteiger partial charge in [-0.1, -0.05) is 67.1 Å². The van der Waals surface area contributed by atoms with E-state index in [0.717, 1.165) is 17.7 Å². The van der Waals surface area contributed by atoms with Gasteiger partial charge in [0.2, 0.25) is 5.79 Å². The number of benzene rings is 2. The van der Waals surface area contributed by atoms with Crippen molar-refractivity contribution in [3.63, 3.8) is 0 Å². The van der Waals surface area contributed by atoms with Crippen molar-refractivity contribution in [1.82, 2.24) is 4.90 Å². The van der Waals surface area contributed by atoms with Crippen LogP contribution in [0.25, 0.3) is 0 Å². The van der Waals surface area contributed by atoms with Gasteiger partial charge in [0.1, 0.15) is 6.10 Å². The minimum absolute atomic E-state index is 0. The van der Waals surface area contributed by atoms with Crippen LogP contribution in [-0.2, 0) is 15.3 Å². The van der Waals surface area contributed by atoms with E-state index in [4.69, 9.17) is 9.47 Å². The van der Waals surface area contributed by atoms with Crippen molar-refractivity contribution < 1.29 is 9.47 Å². The fraction of sp³-hybridized carbons (Fsp3) is 0.429. The second-order valence-corrected chi connectivity index (χ2v) is 6.86. The molecule has 2 saturated heterocycles. The van der Waals surface area contributed by atoms with Crippen LogP contribution in [0.15, 0.2) is 60.7 Å². The van der Waals surface area contributed by atoms with Crippen LogP contribution in [0.3, 0.4) is 0 Å². The molecule has 0 aliphatic carbocycles. The molecule has 0 radical (unpaired) electrons. The average Bonchev–Trinajstić information content (AvgIpc) is 3.10. The maximum atomic E-state index is 6.67. The van der Waals surface area contributed by atoms with Gasteiger partial charge in [-0.05, 0) is 26.4 Å². The highest BCUT2D eigenvalue weighted by molar-refractivity contribution is 5.85. The number of likely N-dealkylation sites (N-methyl/N-ethyl adjacent to an activating group) is 1. The summed E-state index contributed by atoms with van der Waals surface area (Å²) >= 11 is 0. The second-order valence-electron chi connectivity index (χ2n) is 6.86.